The average Bonchev–Trinajstić information content (AvgIpc) is 2.74. The van der Waals surface area contributed by atoms with Gasteiger partial charge in [0.1, 0.15) is 5.60 Å². The Hall–Kier alpha value is -2.52. The first kappa shape index (κ1) is 16.9. The molecule has 0 aliphatic carbocycles. The summed E-state index contributed by atoms with van der Waals surface area (Å²) in [5, 5.41) is 0. The highest BCUT2D eigenvalue weighted by Crippen LogP contribution is 2.38. The summed E-state index contributed by atoms with van der Waals surface area (Å²) >= 11 is 1.84. The SMILES string of the molecule is c1ccc(SCC2(c3ccccc3)CCN=C(c3ccccc3)O2)cc1. The Morgan fingerprint density at radius 1 is 0.808 bits per heavy atom. The number of nitrogens with zero attached hydrogens (tertiary/aromatic N) is 1. The Labute approximate surface area is 158 Å². The highest BCUT2D eigenvalue weighted by atomic mass is 32.2. The second-order valence-electron chi connectivity index (χ2n) is 6.37. The molecule has 130 valence electrons. The monoisotopic (exact) mass is 359 g/mol. The first-order valence-electron chi connectivity index (χ1n) is 8.88. The van der Waals surface area contributed by atoms with Crippen LogP contribution >= 0.6 is 11.8 Å². The molecule has 0 amide bonds. The molecule has 0 saturated heterocycles. The Kier molecular flexibility index (Phi) is 5.07. The molecule has 0 spiro atoms. The lowest BCUT2D eigenvalue weighted by atomic mass is 9.91. The van der Waals surface area contributed by atoms with Gasteiger partial charge >= 0.3 is 0 Å². The highest BCUT2D eigenvalue weighted by molar-refractivity contribution is 7.99. The van der Waals surface area contributed by atoms with E-state index in [1.54, 1.807) is 0 Å². The molecule has 26 heavy (non-hydrogen) atoms. The van der Waals surface area contributed by atoms with Gasteiger partial charge < -0.3 is 4.74 Å². The summed E-state index contributed by atoms with van der Waals surface area (Å²) in [7, 11) is 0. The molecule has 3 aromatic carbocycles. The molecular weight excluding hydrogens is 338 g/mol. The minimum absolute atomic E-state index is 0.366. The van der Waals surface area contributed by atoms with E-state index in [1.165, 1.54) is 10.5 Å². The third-order valence-corrected chi connectivity index (χ3v) is 5.82. The first-order valence-corrected chi connectivity index (χ1v) is 9.87. The van der Waals surface area contributed by atoms with E-state index in [1.807, 2.05) is 36.0 Å². The maximum Gasteiger partial charge on any atom is 0.216 e. The molecule has 0 saturated carbocycles. The lowest BCUT2D eigenvalue weighted by Gasteiger charge is -2.37. The summed E-state index contributed by atoms with van der Waals surface area (Å²) in [6, 6.07) is 31.3. The van der Waals surface area contributed by atoms with Crippen molar-refractivity contribution in [3.63, 3.8) is 0 Å². The molecule has 3 aromatic rings. The van der Waals surface area contributed by atoms with Crippen molar-refractivity contribution < 1.29 is 4.74 Å². The number of benzene rings is 3. The summed E-state index contributed by atoms with van der Waals surface area (Å²) in [6.07, 6.45) is 0.882. The normalized spacial score (nSPS) is 19.5. The van der Waals surface area contributed by atoms with Crippen molar-refractivity contribution in [3.05, 3.63) is 102 Å². The van der Waals surface area contributed by atoms with Crippen molar-refractivity contribution in [2.75, 3.05) is 12.3 Å². The maximum atomic E-state index is 6.60. The topological polar surface area (TPSA) is 21.6 Å². The van der Waals surface area contributed by atoms with Crippen LogP contribution in [0.25, 0.3) is 0 Å². The van der Waals surface area contributed by atoms with Crippen molar-refractivity contribution in [1.82, 2.24) is 0 Å². The Morgan fingerprint density at radius 2 is 1.42 bits per heavy atom. The number of ether oxygens (including phenoxy) is 1. The molecular formula is C23H21NOS. The second kappa shape index (κ2) is 7.79. The smallest absolute Gasteiger partial charge is 0.216 e. The average molecular weight is 359 g/mol. The van der Waals surface area contributed by atoms with Gasteiger partial charge in [-0.2, -0.15) is 0 Å². The Morgan fingerprint density at radius 3 is 2.12 bits per heavy atom. The molecule has 1 aliphatic rings. The number of aliphatic imine (C=N–C) groups is 1. The molecule has 0 aromatic heterocycles. The minimum atomic E-state index is -0.366. The zero-order valence-electron chi connectivity index (χ0n) is 14.5. The molecule has 0 radical (unpaired) electrons. The first-order chi connectivity index (χ1) is 12.9. The molecule has 1 aliphatic heterocycles. The summed E-state index contributed by atoms with van der Waals surface area (Å²) < 4.78 is 6.60. The third kappa shape index (κ3) is 3.68. The quantitative estimate of drug-likeness (QED) is 0.558. The number of rotatable bonds is 5. The number of hydrogen-bond acceptors (Lipinski definition) is 3. The van der Waals surface area contributed by atoms with Crippen LogP contribution in [0.2, 0.25) is 0 Å². The van der Waals surface area contributed by atoms with E-state index in [0.717, 1.165) is 30.2 Å². The molecule has 3 heteroatoms. The van der Waals surface area contributed by atoms with Crippen LogP contribution in [-0.2, 0) is 10.3 Å². The van der Waals surface area contributed by atoms with Gasteiger partial charge in [0.25, 0.3) is 0 Å². The van der Waals surface area contributed by atoms with Crippen molar-refractivity contribution in [1.29, 1.82) is 0 Å². The lowest BCUT2D eigenvalue weighted by molar-refractivity contribution is 0.0602. The summed E-state index contributed by atoms with van der Waals surface area (Å²) in [5.41, 5.74) is 1.89. The van der Waals surface area contributed by atoms with Gasteiger partial charge in [0.05, 0.1) is 0 Å². The standard InChI is InChI=1S/C23H21NOS/c1-4-10-19(11-5-1)22-24-17-16-23(25-22,20-12-6-2-7-13-20)18-26-21-14-8-3-9-15-21/h1-15H,16-18H2. The van der Waals surface area contributed by atoms with Crippen LogP contribution in [0.3, 0.4) is 0 Å². The van der Waals surface area contributed by atoms with Crippen LogP contribution in [0.5, 0.6) is 0 Å². The largest absolute Gasteiger partial charge is 0.465 e. The van der Waals surface area contributed by atoms with Crippen LogP contribution in [0.4, 0.5) is 0 Å². The van der Waals surface area contributed by atoms with Gasteiger partial charge in [-0.05, 0) is 29.8 Å². The lowest BCUT2D eigenvalue weighted by Crippen LogP contribution is -2.39. The van der Waals surface area contributed by atoms with Crippen LogP contribution in [-0.4, -0.2) is 18.2 Å². The molecule has 1 heterocycles. The second-order valence-corrected chi connectivity index (χ2v) is 7.42. The molecule has 0 fully saturated rings. The van der Waals surface area contributed by atoms with Gasteiger partial charge in [-0.1, -0.05) is 66.7 Å². The molecule has 0 bridgehead atoms. The van der Waals surface area contributed by atoms with Crippen molar-refractivity contribution in [3.8, 4) is 0 Å². The zero-order valence-corrected chi connectivity index (χ0v) is 15.4. The fourth-order valence-corrected chi connectivity index (χ4v) is 4.30. The number of thioether (sulfide) groups is 1. The van der Waals surface area contributed by atoms with Gasteiger partial charge in [-0.3, -0.25) is 4.99 Å². The minimum Gasteiger partial charge on any atom is -0.465 e. The van der Waals surface area contributed by atoms with E-state index < -0.39 is 0 Å². The predicted molar refractivity (Wildman–Crippen MR) is 109 cm³/mol. The summed E-state index contributed by atoms with van der Waals surface area (Å²) in [5.74, 6) is 1.60. The van der Waals surface area contributed by atoms with Crippen molar-refractivity contribution in [2.24, 2.45) is 4.99 Å². The van der Waals surface area contributed by atoms with Crippen LogP contribution in [0, 0.1) is 0 Å². The van der Waals surface area contributed by atoms with E-state index in [2.05, 4.69) is 71.7 Å². The van der Waals surface area contributed by atoms with Crippen LogP contribution in [0.15, 0.2) is 101 Å². The Balaban J connectivity index is 1.64. The van der Waals surface area contributed by atoms with E-state index in [9.17, 15) is 0 Å². The maximum absolute atomic E-state index is 6.60. The predicted octanol–water partition coefficient (Wildman–Crippen LogP) is 5.54. The fraction of sp³-hybridized carbons (Fsp3) is 0.174. The molecule has 1 unspecified atom stereocenters. The molecule has 4 rings (SSSR count). The van der Waals surface area contributed by atoms with Gasteiger partial charge in [0, 0.05) is 29.2 Å². The fourth-order valence-electron chi connectivity index (χ4n) is 3.18. The summed E-state index contributed by atoms with van der Waals surface area (Å²) in [4.78, 5) is 5.92. The molecule has 0 N–H and O–H groups in total. The van der Waals surface area contributed by atoms with Gasteiger partial charge in [-0.25, -0.2) is 0 Å². The van der Waals surface area contributed by atoms with Gasteiger partial charge in [-0.15, -0.1) is 11.8 Å². The molecule has 1 atom stereocenters. The van der Waals surface area contributed by atoms with E-state index in [-0.39, 0.29) is 5.60 Å². The van der Waals surface area contributed by atoms with Crippen molar-refractivity contribution >= 4 is 17.7 Å². The Bertz CT molecular complexity index is 864. The number of hydrogen-bond donors (Lipinski definition) is 0. The van der Waals surface area contributed by atoms with Gasteiger partial charge in [0.2, 0.25) is 5.90 Å². The van der Waals surface area contributed by atoms with Gasteiger partial charge in [0.15, 0.2) is 0 Å². The van der Waals surface area contributed by atoms with E-state index in [4.69, 9.17) is 4.74 Å². The van der Waals surface area contributed by atoms with Crippen LogP contribution < -0.4 is 0 Å². The highest BCUT2D eigenvalue weighted by Gasteiger charge is 2.38. The van der Waals surface area contributed by atoms with E-state index in [0.29, 0.717) is 0 Å². The zero-order chi connectivity index (χ0) is 17.7. The van der Waals surface area contributed by atoms with Crippen molar-refractivity contribution in [2.45, 2.75) is 16.9 Å². The van der Waals surface area contributed by atoms with E-state index >= 15 is 0 Å². The summed E-state index contributed by atoms with van der Waals surface area (Å²) in [6.45, 7) is 0.772. The third-order valence-electron chi connectivity index (χ3n) is 4.60. The van der Waals surface area contributed by atoms with Crippen LogP contribution in [0.1, 0.15) is 17.5 Å². The molecule has 2 nitrogen and oxygen atoms in total.